The third-order valence-electron chi connectivity index (χ3n) is 1.90. The lowest BCUT2D eigenvalue weighted by Crippen LogP contribution is -1.92. The van der Waals surface area contributed by atoms with Crippen molar-refractivity contribution < 1.29 is 4.39 Å². The minimum Gasteiger partial charge on any atom is -0.207 e. The van der Waals surface area contributed by atoms with Crippen LogP contribution in [-0.2, 0) is 0 Å². The summed E-state index contributed by atoms with van der Waals surface area (Å²) in [5.74, 6) is 0.0932. The fourth-order valence-electron chi connectivity index (χ4n) is 1.10. The molecule has 0 amide bonds. The Morgan fingerprint density at radius 2 is 1.92 bits per heavy atom. The van der Waals surface area contributed by atoms with Gasteiger partial charge in [-0.2, -0.15) is 0 Å². The number of rotatable bonds is 1. The molecule has 0 fully saturated rings. The summed E-state index contributed by atoms with van der Waals surface area (Å²) >= 11 is 5.93. The van der Waals surface area contributed by atoms with Crippen molar-refractivity contribution in [3.63, 3.8) is 0 Å². The summed E-state index contributed by atoms with van der Waals surface area (Å²) < 4.78 is 13.1. The van der Waals surface area contributed by atoms with E-state index in [2.05, 4.69) is 0 Å². The number of halogens is 2. The van der Waals surface area contributed by atoms with E-state index in [1.165, 1.54) is 6.07 Å². The minimum absolute atomic E-state index is 0.178. The highest BCUT2D eigenvalue weighted by molar-refractivity contribution is 6.31. The van der Waals surface area contributed by atoms with E-state index >= 15 is 0 Å². The van der Waals surface area contributed by atoms with Gasteiger partial charge < -0.3 is 0 Å². The second-order valence-electron chi connectivity index (χ2n) is 3.28. The number of benzene rings is 1. The molecule has 0 aliphatic carbocycles. The molecule has 0 saturated carbocycles. The minimum atomic E-state index is -0.178. The summed E-state index contributed by atoms with van der Waals surface area (Å²) in [6.45, 7) is 5.71. The van der Waals surface area contributed by atoms with Gasteiger partial charge in [0.15, 0.2) is 0 Å². The van der Waals surface area contributed by atoms with Gasteiger partial charge in [0.2, 0.25) is 0 Å². The molecule has 1 rings (SSSR count). The van der Waals surface area contributed by atoms with Crippen molar-refractivity contribution in [1.29, 1.82) is 0 Å². The van der Waals surface area contributed by atoms with Gasteiger partial charge in [-0.05, 0) is 36.1 Å². The van der Waals surface area contributed by atoms with Crippen LogP contribution in [-0.4, -0.2) is 0 Å². The Kier molecular flexibility index (Phi) is 2.73. The van der Waals surface area contributed by atoms with Gasteiger partial charge in [-0.25, -0.2) is 4.39 Å². The first kappa shape index (κ1) is 9.53. The van der Waals surface area contributed by atoms with E-state index in [4.69, 9.17) is 11.6 Å². The molecular formula is C10H12ClF. The van der Waals surface area contributed by atoms with E-state index in [0.29, 0.717) is 10.6 Å². The van der Waals surface area contributed by atoms with Crippen LogP contribution in [0, 0.1) is 12.7 Å². The fraction of sp³-hybridized carbons (Fsp3) is 0.400. The standard InChI is InChI=1S/C10H12ClF/c1-6(2)8-5-10(12)7(3)4-9(8)11/h4-6H,1-3H3. The summed E-state index contributed by atoms with van der Waals surface area (Å²) in [5.41, 5.74) is 1.48. The van der Waals surface area contributed by atoms with Gasteiger partial charge >= 0.3 is 0 Å². The lowest BCUT2D eigenvalue weighted by atomic mass is 10.0. The monoisotopic (exact) mass is 186 g/mol. The van der Waals surface area contributed by atoms with Crippen LogP contribution in [0.15, 0.2) is 12.1 Å². The first-order valence-corrected chi connectivity index (χ1v) is 4.35. The molecule has 0 nitrogen and oxygen atoms in total. The molecule has 0 saturated heterocycles. The number of aryl methyl sites for hydroxylation is 1. The topological polar surface area (TPSA) is 0 Å². The molecule has 0 aliphatic heterocycles. The molecule has 0 radical (unpaired) electrons. The van der Waals surface area contributed by atoms with Crippen LogP contribution in [0.2, 0.25) is 5.02 Å². The van der Waals surface area contributed by atoms with Crippen LogP contribution in [0.25, 0.3) is 0 Å². The quantitative estimate of drug-likeness (QED) is 0.624. The summed E-state index contributed by atoms with van der Waals surface area (Å²) in [7, 11) is 0. The highest BCUT2D eigenvalue weighted by Crippen LogP contribution is 2.26. The first-order chi connectivity index (χ1) is 5.52. The molecular weight excluding hydrogens is 175 g/mol. The zero-order chi connectivity index (χ0) is 9.30. The molecule has 0 atom stereocenters. The molecule has 0 bridgehead atoms. The Balaban J connectivity index is 3.23. The van der Waals surface area contributed by atoms with Crippen molar-refractivity contribution in [2.75, 3.05) is 0 Å². The average Bonchev–Trinajstić information content (AvgIpc) is 1.96. The SMILES string of the molecule is Cc1cc(Cl)c(C(C)C)cc1F. The molecule has 0 aromatic heterocycles. The zero-order valence-electron chi connectivity index (χ0n) is 7.49. The molecule has 0 N–H and O–H groups in total. The van der Waals surface area contributed by atoms with E-state index in [-0.39, 0.29) is 11.7 Å². The van der Waals surface area contributed by atoms with Crippen molar-refractivity contribution in [3.05, 3.63) is 34.1 Å². The van der Waals surface area contributed by atoms with E-state index in [1.807, 2.05) is 13.8 Å². The van der Waals surface area contributed by atoms with Crippen molar-refractivity contribution in [1.82, 2.24) is 0 Å². The first-order valence-electron chi connectivity index (χ1n) is 3.98. The maximum atomic E-state index is 13.1. The number of hydrogen-bond acceptors (Lipinski definition) is 0. The highest BCUT2D eigenvalue weighted by atomic mass is 35.5. The summed E-state index contributed by atoms with van der Waals surface area (Å²) in [5, 5.41) is 0.656. The van der Waals surface area contributed by atoms with Gasteiger partial charge in [0.05, 0.1) is 0 Å². The van der Waals surface area contributed by atoms with Crippen molar-refractivity contribution in [3.8, 4) is 0 Å². The predicted octanol–water partition coefficient (Wildman–Crippen LogP) is 3.91. The third kappa shape index (κ3) is 1.78. The normalized spacial score (nSPS) is 10.8. The van der Waals surface area contributed by atoms with Crippen LogP contribution in [0.3, 0.4) is 0 Å². The predicted molar refractivity (Wildman–Crippen MR) is 50.2 cm³/mol. The van der Waals surface area contributed by atoms with Crippen LogP contribution in [0.1, 0.15) is 30.9 Å². The Hall–Kier alpha value is -0.560. The average molecular weight is 187 g/mol. The zero-order valence-corrected chi connectivity index (χ0v) is 8.24. The number of hydrogen-bond donors (Lipinski definition) is 0. The maximum absolute atomic E-state index is 13.1. The Morgan fingerprint density at radius 1 is 1.33 bits per heavy atom. The third-order valence-corrected chi connectivity index (χ3v) is 2.23. The molecule has 1 aromatic carbocycles. The molecule has 66 valence electrons. The Labute approximate surface area is 77.4 Å². The molecule has 1 aromatic rings. The van der Waals surface area contributed by atoms with Crippen LogP contribution in [0.5, 0.6) is 0 Å². The van der Waals surface area contributed by atoms with Crippen LogP contribution < -0.4 is 0 Å². The van der Waals surface area contributed by atoms with E-state index in [9.17, 15) is 4.39 Å². The van der Waals surface area contributed by atoms with E-state index in [1.54, 1.807) is 13.0 Å². The lowest BCUT2D eigenvalue weighted by Gasteiger charge is -2.09. The van der Waals surface area contributed by atoms with Crippen molar-refractivity contribution in [2.24, 2.45) is 0 Å². The molecule has 12 heavy (non-hydrogen) atoms. The van der Waals surface area contributed by atoms with Gasteiger partial charge in [-0.15, -0.1) is 0 Å². The van der Waals surface area contributed by atoms with Crippen LogP contribution in [0.4, 0.5) is 4.39 Å². The van der Waals surface area contributed by atoms with Gasteiger partial charge in [0, 0.05) is 5.02 Å². The second kappa shape index (κ2) is 3.44. The summed E-state index contributed by atoms with van der Waals surface area (Å²) in [6, 6.07) is 3.19. The van der Waals surface area contributed by atoms with Crippen molar-refractivity contribution >= 4 is 11.6 Å². The van der Waals surface area contributed by atoms with Gasteiger partial charge in [-0.1, -0.05) is 25.4 Å². The summed E-state index contributed by atoms with van der Waals surface area (Å²) in [4.78, 5) is 0. The second-order valence-corrected chi connectivity index (χ2v) is 3.68. The van der Waals surface area contributed by atoms with Gasteiger partial charge in [0.1, 0.15) is 5.82 Å². The fourth-order valence-corrected chi connectivity index (χ4v) is 1.54. The van der Waals surface area contributed by atoms with E-state index in [0.717, 1.165) is 5.56 Å². The van der Waals surface area contributed by atoms with Gasteiger partial charge in [0.25, 0.3) is 0 Å². The maximum Gasteiger partial charge on any atom is 0.126 e. The van der Waals surface area contributed by atoms with Crippen LogP contribution >= 0.6 is 11.6 Å². The van der Waals surface area contributed by atoms with Gasteiger partial charge in [-0.3, -0.25) is 0 Å². The Bertz CT molecular complexity index is 292. The molecule has 0 aliphatic rings. The lowest BCUT2D eigenvalue weighted by molar-refractivity contribution is 0.614. The largest absolute Gasteiger partial charge is 0.207 e. The van der Waals surface area contributed by atoms with Crippen molar-refractivity contribution in [2.45, 2.75) is 26.7 Å². The summed E-state index contributed by atoms with van der Waals surface area (Å²) in [6.07, 6.45) is 0. The molecule has 0 spiro atoms. The highest BCUT2D eigenvalue weighted by Gasteiger charge is 2.08. The smallest absolute Gasteiger partial charge is 0.126 e. The van der Waals surface area contributed by atoms with E-state index < -0.39 is 0 Å². The molecule has 0 unspecified atom stereocenters. The molecule has 0 heterocycles. The Morgan fingerprint density at radius 3 is 2.42 bits per heavy atom. The molecule has 2 heteroatoms.